The molecular weight excluding hydrogens is 314 g/mol. The molecule has 2 aliphatic rings. The van der Waals surface area contributed by atoms with E-state index in [1.807, 2.05) is 36.1 Å². The normalized spacial score (nSPS) is 26.7. The summed E-state index contributed by atoms with van der Waals surface area (Å²) in [5.74, 6) is 0.384. The Hall–Kier alpha value is -2.63. The molecule has 6 nitrogen and oxygen atoms in total. The number of carbonyl (C=O) groups is 1. The molecule has 4 rings (SSSR count). The molecule has 1 amide bonds. The highest BCUT2D eigenvalue weighted by Crippen LogP contribution is 2.48. The summed E-state index contributed by atoms with van der Waals surface area (Å²) in [4.78, 5) is 14.3. The highest BCUT2D eigenvalue weighted by molar-refractivity contribution is 6.00. The van der Waals surface area contributed by atoms with Crippen LogP contribution in [0, 0.1) is 24.2 Å². The standard InChI is InChI=1S/C19H23N5O/c1-12-5-4-6-15(9-12)24-11-14(10-21-24)19(2)16(13-7-8-13)17(25)23(3)18(20)22-19/h4-6,9-11,13,16H,7-8H2,1-3H3,(H2,20,22)/t16-,19+/m0/s1. The van der Waals surface area contributed by atoms with Crippen molar-refractivity contribution in [1.29, 1.82) is 5.41 Å². The van der Waals surface area contributed by atoms with E-state index in [2.05, 4.69) is 29.5 Å². The molecule has 2 N–H and O–H groups in total. The van der Waals surface area contributed by atoms with Crippen LogP contribution in [0.25, 0.3) is 5.69 Å². The lowest BCUT2D eigenvalue weighted by atomic mass is 9.75. The Morgan fingerprint density at radius 2 is 2.12 bits per heavy atom. The molecule has 1 aliphatic heterocycles. The number of benzene rings is 1. The molecule has 0 unspecified atom stereocenters. The molecule has 2 fully saturated rings. The first-order chi connectivity index (χ1) is 11.9. The highest BCUT2D eigenvalue weighted by atomic mass is 16.2. The Morgan fingerprint density at radius 3 is 2.80 bits per heavy atom. The minimum Gasteiger partial charge on any atom is -0.346 e. The quantitative estimate of drug-likeness (QED) is 0.903. The second kappa shape index (κ2) is 5.44. The Morgan fingerprint density at radius 1 is 1.36 bits per heavy atom. The smallest absolute Gasteiger partial charge is 0.235 e. The molecule has 2 aromatic rings. The van der Waals surface area contributed by atoms with E-state index in [9.17, 15) is 4.79 Å². The van der Waals surface area contributed by atoms with E-state index in [1.165, 1.54) is 10.5 Å². The second-order valence-electron chi connectivity index (χ2n) is 7.40. The van der Waals surface area contributed by atoms with Crippen molar-refractivity contribution in [2.24, 2.45) is 11.8 Å². The van der Waals surface area contributed by atoms with Crippen molar-refractivity contribution >= 4 is 11.9 Å². The molecule has 1 saturated carbocycles. The van der Waals surface area contributed by atoms with Crippen molar-refractivity contribution < 1.29 is 4.79 Å². The third-order valence-corrected chi connectivity index (χ3v) is 5.47. The number of amides is 1. The summed E-state index contributed by atoms with van der Waals surface area (Å²) in [6.07, 6.45) is 5.93. The zero-order valence-corrected chi connectivity index (χ0v) is 14.8. The molecule has 0 radical (unpaired) electrons. The zero-order chi connectivity index (χ0) is 17.8. The van der Waals surface area contributed by atoms with Crippen LogP contribution in [0.3, 0.4) is 0 Å². The fourth-order valence-corrected chi connectivity index (χ4v) is 3.83. The van der Waals surface area contributed by atoms with Gasteiger partial charge in [-0.2, -0.15) is 5.10 Å². The van der Waals surface area contributed by atoms with Crippen LogP contribution < -0.4 is 5.32 Å². The van der Waals surface area contributed by atoms with Gasteiger partial charge in [-0.15, -0.1) is 0 Å². The molecule has 0 spiro atoms. The maximum atomic E-state index is 12.8. The SMILES string of the molecule is Cc1cccc(-n2cc([C@@]3(C)NC(=N)N(C)C(=O)[C@@H]3C3CC3)cn2)c1. The minimum absolute atomic E-state index is 0.0251. The number of guanidine groups is 1. The molecule has 1 aromatic carbocycles. The number of hydrogen-bond donors (Lipinski definition) is 2. The van der Waals surface area contributed by atoms with Crippen molar-refractivity contribution in [3.05, 3.63) is 47.8 Å². The summed E-state index contributed by atoms with van der Waals surface area (Å²) in [6, 6.07) is 8.15. The summed E-state index contributed by atoms with van der Waals surface area (Å²) in [5.41, 5.74) is 2.50. The fourth-order valence-electron chi connectivity index (χ4n) is 3.83. The lowest BCUT2D eigenvalue weighted by Crippen LogP contribution is -2.64. The van der Waals surface area contributed by atoms with Gasteiger partial charge in [0.05, 0.1) is 23.3 Å². The number of nitrogens with zero attached hydrogens (tertiary/aromatic N) is 3. The number of aromatic nitrogens is 2. The van der Waals surface area contributed by atoms with E-state index in [-0.39, 0.29) is 17.8 Å². The van der Waals surface area contributed by atoms with Crippen LogP contribution in [-0.2, 0) is 10.3 Å². The first kappa shape index (κ1) is 15.9. The summed E-state index contributed by atoms with van der Waals surface area (Å²) >= 11 is 0. The maximum absolute atomic E-state index is 12.8. The van der Waals surface area contributed by atoms with Gasteiger partial charge in [0.1, 0.15) is 0 Å². The maximum Gasteiger partial charge on any atom is 0.235 e. The van der Waals surface area contributed by atoms with Gasteiger partial charge in [0.15, 0.2) is 5.96 Å². The van der Waals surface area contributed by atoms with Gasteiger partial charge in [0.25, 0.3) is 0 Å². The van der Waals surface area contributed by atoms with Crippen LogP contribution in [0.1, 0.15) is 30.9 Å². The largest absolute Gasteiger partial charge is 0.346 e. The summed E-state index contributed by atoms with van der Waals surface area (Å²) < 4.78 is 1.84. The topological polar surface area (TPSA) is 74.0 Å². The Bertz CT molecular complexity index is 853. The Labute approximate surface area is 147 Å². The van der Waals surface area contributed by atoms with E-state index >= 15 is 0 Å². The fraction of sp³-hybridized carbons (Fsp3) is 0.421. The van der Waals surface area contributed by atoms with Gasteiger partial charge < -0.3 is 5.32 Å². The first-order valence-corrected chi connectivity index (χ1v) is 8.66. The third-order valence-electron chi connectivity index (χ3n) is 5.47. The van der Waals surface area contributed by atoms with Crippen molar-refractivity contribution in [3.63, 3.8) is 0 Å². The molecule has 0 bridgehead atoms. The Kier molecular flexibility index (Phi) is 3.45. The van der Waals surface area contributed by atoms with E-state index in [1.54, 1.807) is 7.05 Å². The predicted molar refractivity (Wildman–Crippen MR) is 95.5 cm³/mol. The van der Waals surface area contributed by atoms with Crippen molar-refractivity contribution in [3.8, 4) is 5.69 Å². The third kappa shape index (κ3) is 2.52. The molecule has 2 heterocycles. The lowest BCUT2D eigenvalue weighted by molar-refractivity contribution is -0.136. The number of hydrogen-bond acceptors (Lipinski definition) is 3. The summed E-state index contributed by atoms with van der Waals surface area (Å²) in [6.45, 7) is 4.07. The molecule has 6 heteroatoms. The average Bonchev–Trinajstić information content (AvgIpc) is 3.26. The molecule has 130 valence electrons. The van der Waals surface area contributed by atoms with E-state index in [4.69, 9.17) is 5.41 Å². The number of rotatable bonds is 3. The van der Waals surface area contributed by atoms with E-state index < -0.39 is 5.54 Å². The van der Waals surface area contributed by atoms with Crippen LogP contribution >= 0.6 is 0 Å². The van der Waals surface area contributed by atoms with Gasteiger partial charge in [-0.3, -0.25) is 15.1 Å². The molecular formula is C19H23N5O. The van der Waals surface area contributed by atoms with Crippen molar-refractivity contribution in [2.45, 2.75) is 32.2 Å². The van der Waals surface area contributed by atoms with Gasteiger partial charge in [-0.1, -0.05) is 12.1 Å². The zero-order valence-electron chi connectivity index (χ0n) is 14.8. The van der Waals surface area contributed by atoms with Crippen LogP contribution in [0.5, 0.6) is 0 Å². The van der Waals surface area contributed by atoms with Gasteiger partial charge in [-0.05, 0) is 50.3 Å². The van der Waals surface area contributed by atoms with Gasteiger partial charge >= 0.3 is 0 Å². The molecule has 1 saturated heterocycles. The van der Waals surface area contributed by atoms with E-state index in [0.717, 1.165) is 24.1 Å². The number of nitrogens with one attached hydrogen (secondary N) is 2. The average molecular weight is 337 g/mol. The molecule has 1 aromatic heterocycles. The minimum atomic E-state index is -0.607. The number of carbonyl (C=O) groups excluding carboxylic acids is 1. The van der Waals surface area contributed by atoms with E-state index in [0.29, 0.717) is 5.92 Å². The predicted octanol–water partition coefficient (Wildman–Crippen LogP) is 2.42. The summed E-state index contributed by atoms with van der Waals surface area (Å²) in [7, 11) is 1.67. The van der Waals surface area contributed by atoms with Crippen molar-refractivity contribution in [2.75, 3.05) is 7.05 Å². The highest BCUT2D eigenvalue weighted by Gasteiger charge is 2.54. The van der Waals surface area contributed by atoms with Gasteiger partial charge in [0, 0.05) is 18.8 Å². The van der Waals surface area contributed by atoms with Crippen LogP contribution in [0.4, 0.5) is 0 Å². The van der Waals surface area contributed by atoms with Crippen LogP contribution in [0.2, 0.25) is 0 Å². The molecule has 2 atom stereocenters. The van der Waals surface area contributed by atoms with Gasteiger partial charge in [0.2, 0.25) is 5.91 Å². The molecule has 25 heavy (non-hydrogen) atoms. The van der Waals surface area contributed by atoms with Crippen LogP contribution in [0.15, 0.2) is 36.7 Å². The Balaban J connectivity index is 1.74. The second-order valence-corrected chi connectivity index (χ2v) is 7.40. The van der Waals surface area contributed by atoms with Crippen LogP contribution in [-0.4, -0.2) is 33.6 Å². The first-order valence-electron chi connectivity index (χ1n) is 8.66. The monoisotopic (exact) mass is 337 g/mol. The molecule has 1 aliphatic carbocycles. The van der Waals surface area contributed by atoms with Crippen molar-refractivity contribution in [1.82, 2.24) is 20.0 Å². The number of aryl methyl sites for hydroxylation is 1. The summed E-state index contributed by atoms with van der Waals surface area (Å²) in [5, 5.41) is 15.9. The van der Waals surface area contributed by atoms with Gasteiger partial charge in [-0.25, -0.2) is 4.68 Å². The lowest BCUT2D eigenvalue weighted by Gasteiger charge is -2.45.